The normalized spacial score (nSPS) is 20.6. The summed E-state index contributed by atoms with van der Waals surface area (Å²) in [6.45, 7) is 7.38. The van der Waals surface area contributed by atoms with Gasteiger partial charge < -0.3 is 34.1 Å². The van der Waals surface area contributed by atoms with Crippen molar-refractivity contribution in [2.75, 3.05) is 83.8 Å². The minimum Gasteiger partial charge on any atom is -0.462 e. The Labute approximate surface area is 338 Å². The number of anilines is 2. The lowest BCUT2D eigenvalue weighted by molar-refractivity contribution is -0.132. The second kappa shape index (κ2) is 15.7. The molecule has 6 aromatic rings. The van der Waals surface area contributed by atoms with Crippen LogP contribution in [-0.4, -0.2) is 147 Å². The standard InChI is InChI=1S/C41H45F3N12O3/c1-24-46-33-18-26(43)16-29-32-6-5-7-36(48-32)47-27-19-35(40(57)52(3)22-28(58-4)23-54(24)37(29)33)55(21-27)38-30-20-45-56(34-9-8-25(42)17-31(34)44)39(30)50-41(49-38)59-15-14-53-12-10-51(2)11-13-53/h5-9,16-18,20,27-28,35H,10-15,19,21-23H2,1-4H3,(H,47,48)/t27-,28-,35-/m0/s1. The van der Waals surface area contributed by atoms with E-state index in [4.69, 9.17) is 24.4 Å². The van der Waals surface area contributed by atoms with Crippen LogP contribution in [0, 0.1) is 24.4 Å². The number of imidazole rings is 1. The van der Waals surface area contributed by atoms with Gasteiger partial charge in [0.05, 0.1) is 41.0 Å². The van der Waals surface area contributed by atoms with E-state index >= 15 is 8.78 Å². The van der Waals surface area contributed by atoms with Crippen LogP contribution in [0.25, 0.3) is 39.0 Å². The predicted molar refractivity (Wildman–Crippen MR) is 215 cm³/mol. The van der Waals surface area contributed by atoms with Gasteiger partial charge in [-0.1, -0.05) is 6.07 Å². The van der Waals surface area contributed by atoms with Crippen LogP contribution in [0.15, 0.2) is 54.7 Å². The molecule has 4 aromatic heterocycles. The number of carbonyl (C=O) groups is 1. The third-order valence-electron chi connectivity index (χ3n) is 11.6. The van der Waals surface area contributed by atoms with E-state index in [1.165, 1.54) is 29.1 Å². The van der Waals surface area contributed by atoms with Gasteiger partial charge in [0.15, 0.2) is 11.5 Å². The molecule has 18 heteroatoms. The molecule has 3 aliphatic heterocycles. The molecule has 3 atom stereocenters. The number of benzene rings is 2. The molecule has 308 valence electrons. The van der Waals surface area contributed by atoms with Gasteiger partial charge in [-0.3, -0.25) is 9.69 Å². The summed E-state index contributed by atoms with van der Waals surface area (Å²) in [5, 5.41) is 8.48. The van der Waals surface area contributed by atoms with E-state index in [2.05, 4.69) is 32.2 Å². The Bertz CT molecular complexity index is 2540. The number of nitrogens with zero attached hydrogens (tertiary/aromatic N) is 11. The molecule has 0 radical (unpaired) electrons. The van der Waals surface area contributed by atoms with Gasteiger partial charge in [-0.15, -0.1) is 0 Å². The summed E-state index contributed by atoms with van der Waals surface area (Å²) in [5.41, 5.74) is 2.59. The Hall–Kier alpha value is -5.85. The molecule has 1 amide bonds. The number of halogens is 3. The molecule has 2 saturated heterocycles. The fraction of sp³-hybridized carbons (Fsp3) is 0.415. The SMILES string of the molecule is CO[C@H]1CN(C)C(=O)[C@@H]2C[C@@H](CN2c2nc(OCCN3CCN(C)CC3)nc3c2cnn3-c2ccc(F)cc2F)Nc2cccc(n2)-c2cc(F)cc3nc(C)n(c23)C1. The molecule has 3 aliphatic rings. The third-order valence-corrected chi connectivity index (χ3v) is 11.6. The van der Waals surface area contributed by atoms with Crippen molar-refractivity contribution in [3.05, 3.63) is 78.0 Å². The molecule has 1 N–H and O–H groups in total. The van der Waals surface area contributed by atoms with Crippen LogP contribution in [0.1, 0.15) is 12.2 Å². The van der Waals surface area contributed by atoms with E-state index in [9.17, 15) is 9.18 Å². The summed E-state index contributed by atoms with van der Waals surface area (Å²) < 4.78 is 59.9. The van der Waals surface area contributed by atoms with E-state index in [0.29, 0.717) is 72.3 Å². The maximum atomic E-state index is 15.3. The number of fused-ring (bicyclic) bond motifs is 6. The van der Waals surface area contributed by atoms with Gasteiger partial charge in [0.25, 0.3) is 0 Å². The molecule has 59 heavy (non-hydrogen) atoms. The van der Waals surface area contributed by atoms with Gasteiger partial charge in [0.2, 0.25) is 5.91 Å². The second-order valence-electron chi connectivity index (χ2n) is 15.5. The van der Waals surface area contributed by atoms with Crippen LogP contribution >= 0.6 is 0 Å². The van der Waals surface area contributed by atoms with E-state index in [1.54, 1.807) is 19.1 Å². The summed E-state index contributed by atoms with van der Waals surface area (Å²) in [5.74, 6) is -0.562. The highest BCUT2D eigenvalue weighted by Crippen LogP contribution is 2.36. The topological polar surface area (TPSA) is 135 Å². The molecule has 9 rings (SSSR count). The quantitative estimate of drug-likeness (QED) is 0.249. The first-order valence-electron chi connectivity index (χ1n) is 19.7. The number of nitrogens with one attached hydrogen (secondary N) is 1. The van der Waals surface area contributed by atoms with Crippen LogP contribution in [0.5, 0.6) is 6.01 Å². The highest BCUT2D eigenvalue weighted by atomic mass is 19.1. The first-order chi connectivity index (χ1) is 28.5. The number of likely N-dealkylation sites (N-methyl/N-ethyl adjacent to an activating group) is 2. The van der Waals surface area contributed by atoms with E-state index in [1.807, 2.05) is 34.6 Å². The van der Waals surface area contributed by atoms with Crippen molar-refractivity contribution in [2.45, 2.75) is 38.1 Å². The Morgan fingerprint density at radius 2 is 1.75 bits per heavy atom. The van der Waals surface area contributed by atoms with Crippen molar-refractivity contribution in [1.82, 2.24) is 49.0 Å². The van der Waals surface area contributed by atoms with Crippen molar-refractivity contribution in [1.29, 1.82) is 0 Å². The Balaban J connectivity index is 1.12. The van der Waals surface area contributed by atoms with Gasteiger partial charge in [0, 0.05) is 83.7 Å². The highest BCUT2D eigenvalue weighted by molar-refractivity contribution is 5.94. The average molecular weight is 811 g/mol. The van der Waals surface area contributed by atoms with Gasteiger partial charge in [-0.05, 0) is 50.7 Å². The summed E-state index contributed by atoms with van der Waals surface area (Å²) in [6.07, 6.45) is 1.43. The molecular formula is C41H45F3N12O3. The minimum atomic E-state index is -0.819. The minimum absolute atomic E-state index is 0.00683. The number of pyridine rings is 1. The maximum Gasteiger partial charge on any atom is 0.320 e. The lowest BCUT2D eigenvalue weighted by atomic mass is 10.1. The largest absolute Gasteiger partial charge is 0.462 e. The maximum absolute atomic E-state index is 15.3. The zero-order valence-electron chi connectivity index (χ0n) is 33.3. The zero-order chi connectivity index (χ0) is 40.9. The summed E-state index contributed by atoms with van der Waals surface area (Å²) in [4.78, 5) is 42.1. The second-order valence-corrected chi connectivity index (χ2v) is 15.5. The molecule has 15 nitrogen and oxygen atoms in total. The average Bonchev–Trinajstić information content (AvgIpc) is 3.92. The number of rotatable bonds is 7. The van der Waals surface area contributed by atoms with E-state index in [-0.39, 0.29) is 35.8 Å². The smallest absolute Gasteiger partial charge is 0.320 e. The molecule has 0 aliphatic carbocycles. The number of carbonyl (C=O) groups excluding carboxylic acids is 1. The number of piperazine rings is 1. The molecule has 2 aromatic carbocycles. The Morgan fingerprint density at radius 3 is 2.54 bits per heavy atom. The lowest BCUT2D eigenvalue weighted by Gasteiger charge is -2.32. The predicted octanol–water partition coefficient (Wildman–Crippen LogP) is 4.13. The number of hydrogen-bond acceptors (Lipinski definition) is 12. The van der Waals surface area contributed by atoms with Crippen molar-refractivity contribution in [3.63, 3.8) is 0 Å². The highest BCUT2D eigenvalue weighted by Gasteiger charge is 2.41. The number of methoxy groups -OCH3 is 1. The summed E-state index contributed by atoms with van der Waals surface area (Å²) in [6, 6.07) is 10.7. The fourth-order valence-corrected chi connectivity index (χ4v) is 8.44. The fourth-order valence-electron chi connectivity index (χ4n) is 8.44. The van der Waals surface area contributed by atoms with Crippen molar-refractivity contribution < 1.29 is 27.4 Å². The molecule has 0 spiro atoms. The number of ether oxygens (including phenoxy) is 2. The molecule has 0 unspecified atom stereocenters. The zero-order valence-corrected chi connectivity index (χ0v) is 33.3. The van der Waals surface area contributed by atoms with Crippen LogP contribution in [0.3, 0.4) is 0 Å². The van der Waals surface area contributed by atoms with Crippen molar-refractivity contribution >= 4 is 39.6 Å². The van der Waals surface area contributed by atoms with Crippen LogP contribution in [-0.2, 0) is 16.1 Å². The molecule has 2 fully saturated rings. The first-order valence-corrected chi connectivity index (χ1v) is 19.7. The van der Waals surface area contributed by atoms with Crippen LogP contribution in [0.4, 0.5) is 24.8 Å². The van der Waals surface area contributed by atoms with E-state index in [0.717, 1.165) is 43.8 Å². The monoisotopic (exact) mass is 810 g/mol. The third kappa shape index (κ3) is 7.51. The number of amides is 1. The van der Waals surface area contributed by atoms with Gasteiger partial charge in [0.1, 0.15) is 47.4 Å². The van der Waals surface area contributed by atoms with Gasteiger partial charge in [-0.2, -0.15) is 15.1 Å². The van der Waals surface area contributed by atoms with Crippen molar-refractivity contribution in [2.24, 2.45) is 0 Å². The number of aromatic nitrogens is 7. The molecular weight excluding hydrogens is 766 g/mol. The summed E-state index contributed by atoms with van der Waals surface area (Å²) in [7, 11) is 5.44. The molecule has 0 saturated carbocycles. The number of hydrogen-bond donors (Lipinski definition) is 1. The summed E-state index contributed by atoms with van der Waals surface area (Å²) >= 11 is 0. The molecule has 4 bridgehead atoms. The van der Waals surface area contributed by atoms with Gasteiger partial charge in [-0.25, -0.2) is 27.8 Å². The van der Waals surface area contributed by atoms with Crippen LogP contribution < -0.4 is 15.0 Å². The molecule has 7 heterocycles. The van der Waals surface area contributed by atoms with Gasteiger partial charge >= 0.3 is 6.01 Å². The van der Waals surface area contributed by atoms with E-state index < -0.39 is 29.6 Å². The Kier molecular flexibility index (Phi) is 10.3. The number of aryl methyl sites for hydroxylation is 1. The Morgan fingerprint density at radius 1 is 0.915 bits per heavy atom. The van der Waals surface area contributed by atoms with Crippen molar-refractivity contribution in [3.8, 4) is 23.0 Å². The first kappa shape index (κ1) is 38.7. The lowest BCUT2D eigenvalue weighted by Crippen LogP contribution is -2.47. The van der Waals surface area contributed by atoms with Crippen LogP contribution in [0.2, 0.25) is 0 Å².